The van der Waals surface area contributed by atoms with Gasteiger partial charge >= 0.3 is 0 Å². The zero-order chi connectivity index (χ0) is 28.0. The Bertz CT molecular complexity index is 1700. The van der Waals surface area contributed by atoms with E-state index in [1.807, 2.05) is 37.3 Å². The van der Waals surface area contributed by atoms with Gasteiger partial charge in [0.25, 0.3) is 17.0 Å². The highest BCUT2D eigenvalue weighted by Gasteiger charge is 2.38. The van der Waals surface area contributed by atoms with Crippen molar-refractivity contribution < 1.29 is 4.79 Å². The van der Waals surface area contributed by atoms with Gasteiger partial charge in [0.15, 0.2) is 4.32 Å². The number of carbonyl (C=O) groups excluding carboxylic acids is 1. The topological polar surface area (TPSA) is 96.3 Å². The summed E-state index contributed by atoms with van der Waals surface area (Å²) in [6.45, 7) is 7.36. The second-order valence-corrected chi connectivity index (χ2v) is 11.2. The molecule has 0 bridgehead atoms. The van der Waals surface area contributed by atoms with Crippen molar-refractivity contribution in [2.24, 2.45) is 7.05 Å². The summed E-state index contributed by atoms with van der Waals surface area (Å²) in [5, 5.41) is 9.79. The fourth-order valence-corrected chi connectivity index (χ4v) is 6.56. The Morgan fingerprint density at radius 2 is 1.74 bits per heavy atom. The molecule has 11 heteroatoms. The Balaban J connectivity index is 1.66. The SMILES string of the molecule is CCn1c(N2CCCC2)c(/C=C2/SC(=S)N(c3c(C)n(C)n(-c4ccccc4)c3=O)C2=O)c(C)c(C#N)c1=O. The summed E-state index contributed by atoms with van der Waals surface area (Å²) in [6.07, 6.45) is 3.72. The van der Waals surface area contributed by atoms with Crippen molar-refractivity contribution in [3.8, 4) is 11.8 Å². The molecular weight excluding hydrogens is 532 g/mol. The number of pyridine rings is 1. The third-order valence-electron chi connectivity index (χ3n) is 7.38. The lowest BCUT2D eigenvalue weighted by molar-refractivity contribution is -0.113. The number of hydrogen-bond acceptors (Lipinski definition) is 7. The van der Waals surface area contributed by atoms with Crippen LogP contribution in [0.5, 0.6) is 0 Å². The summed E-state index contributed by atoms with van der Waals surface area (Å²) >= 11 is 6.74. The molecule has 5 rings (SSSR count). The number of anilines is 2. The number of benzene rings is 1. The van der Waals surface area contributed by atoms with E-state index in [2.05, 4.69) is 11.0 Å². The van der Waals surface area contributed by atoms with E-state index < -0.39 is 5.91 Å². The van der Waals surface area contributed by atoms with Crippen LogP contribution in [0.25, 0.3) is 11.8 Å². The minimum absolute atomic E-state index is 0.0613. The first kappa shape index (κ1) is 26.7. The van der Waals surface area contributed by atoms with Crippen molar-refractivity contribution in [3.05, 3.63) is 78.3 Å². The Morgan fingerprint density at radius 1 is 1.08 bits per heavy atom. The van der Waals surface area contributed by atoms with Crippen LogP contribution in [0.15, 0.2) is 44.8 Å². The van der Waals surface area contributed by atoms with E-state index in [0.29, 0.717) is 39.8 Å². The third kappa shape index (κ3) is 4.24. The van der Waals surface area contributed by atoms with E-state index >= 15 is 0 Å². The molecule has 1 amide bonds. The molecule has 3 aromatic rings. The van der Waals surface area contributed by atoms with Gasteiger partial charge in [0, 0.05) is 32.2 Å². The number of aromatic nitrogens is 3. The lowest BCUT2D eigenvalue weighted by atomic mass is 10.0. The molecule has 0 radical (unpaired) electrons. The van der Waals surface area contributed by atoms with Crippen LogP contribution in [0, 0.1) is 25.2 Å². The van der Waals surface area contributed by atoms with Crippen LogP contribution in [-0.2, 0) is 18.4 Å². The molecule has 2 aromatic heterocycles. The second-order valence-electron chi connectivity index (χ2n) is 9.52. The first-order valence-electron chi connectivity index (χ1n) is 12.8. The van der Waals surface area contributed by atoms with E-state index in [0.717, 1.165) is 37.7 Å². The number of nitrogens with zero attached hydrogens (tertiary/aromatic N) is 6. The lowest BCUT2D eigenvalue weighted by Gasteiger charge is -2.26. The zero-order valence-corrected chi connectivity index (χ0v) is 23.9. The second kappa shape index (κ2) is 10.4. The van der Waals surface area contributed by atoms with Crippen LogP contribution < -0.4 is 20.9 Å². The predicted octanol–water partition coefficient (Wildman–Crippen LogP) is 3.85. The number of carbonyl (C=O) groups is 1. The van der Waals surface area contributed by atoms with Crippen molar-refractivity contribution in [2.75, 3.05) is 22.9 Å². The summed E-state index contributed by atoms with van der Waals surface area (Å²) in [5.74, 6) is 0.305. The van der Waals surface area contributed by atoms with Crippen molar-refractivity contribution in [1.82, 2.24) is 13.9 Å². The van der Waals surface area contributed by atoms with E-state index in [1.54, 1.807) is 36.2 Å². The number of para-hydroxylation sites is 1. The van der Waals surface area contributed by atoms with Gasteiger partial charge in [-0.3, -0.25) is 28.5 Å². The number of nitriles is 1. The first-order valence-corrected chi connectivity index (χ1v) is 14.0. The normalized spacial score (nSPS) is 16.5. The highest BCUT2D eigenvalue weighted by molar-refractivity contribution is 8.27. The van der Waals surface area contributed by atoms with Gasteiger partial charge in [0.2, 0.25) is 0 Å². The van der Waals surface area contributed by atoms with Crippen LogP contribution in [0.4, 0.5) is 11.5 Å². The van der Waals surface area contributed by atoms with Gasteiger partial charge in [0.05, 0.1) is 16.3 Å². The van der Waals surface area contributed by atoms with Crippen molar-refractivity contribution in [3.63, 3.8) is 0 Å². The predicted molar refractivity (Wildman–Crippen MR) is 159 cm³/mol. The Hall–Kier alpha value is -3.88. The Kier molecular flexibility index (Phi) is 7.09. The lowest BCUT2D eigenvalue weighted by Crippen LogP contribution is -2.33. The molecule has 2 aliphatic rings. The van der Waals surface area contributed by atoms with E-state index in [-0.39, 0.29) is 26.7 Å². The summed E-state index contributed by atoms with van der Waals surface area (Å²) in [6, 6.07) is 11.3. The van der Waals surface area contributed by atoms with Crippen molar-refractivity contribution >= 4 is 51.8 Å². The van der Waals surface area contributed by atoms with Gasteiger partial charge in [-0.05, 0) is 57.4 Å². The molecule has 0 saturated carbocycles. The minimum Gasteiger partial charge on any atom is -0.357 e. The van der Waals surface area contributed by atoms with Crippen molar-refractivity contribution in [2.45, 2.75) is 40.2 Å². The van der Waals surface area contributed by atoms with Gasteiger partial charge in [-0.2, -0.15) is 5.26 Å². The highest BCUT2D eigenvalue weighted by atomic mass is 32.2. The van der Waals surface area contributed by atoms with Crippen LogP contribution >= 0.6 is 24.0 Å². The third-order valence-corrected chi connectivity index (χ3v) is 8.69. The van der Waals surface area contributed by atoms with E-state index in [4.69, 9.17) is 12.2 Å². The van der Waals surface area contributed by atoms with Gasteiger partial charge < -0.3 is 4.90 Å². The monoisotopic (exact) mass is 560 g/mol. The Morgan fingerprint density at radius 3 is 2.36 bits per heavy atom. The molecule has 0 N–H and O–H groups in total. The average molecular weight is 561 g/mol. The fraction of sp³-hybridized carbons (Fsp3) is 0.321. The van der Waals surface area contributed by atoms with Gasteiger partial charge in [-0.25, -0.2) is 4.68 Å². The quantitative estimate of drug-likeness (QED) is 0.346. The summed E-state index contributed by atoms with van der Waals surface area (Å²) < 4.78 is 5.09. The molecule has 200 valence electrons. The van der Waals surface area contributed by atoms with Crippen LogP contribution in [-0.4, -0.2) is 37.2 Å². The average Bonchev–Trinajstić information content (AvgIpc) is 3.60. The maximum atomic E-state index is 13.8. The van der Waals surface area contributed by atoms with Crippen LogP contribution in [0.1, 0.15) is 42.1 Å². The summed E-state index contributed by atoms with van der Waals surface area (Å²) in [7, 11) is 1.77. The van der Waals surface area contributed by atoms with Crippen LogP contribution in [0.3, 0.4) is 0 Å². The minimum atomic E-state index is -0.407. The fourth-order valence-electron chi connectivity index (χ4n) is 5.31. The number of thiocarbonyl (C=S) groups is 1. The van der Waals surface area contributed by atoms with Crippen LogP contribution in [0.2, 0.25) is 0 Å². The molecule has 2 fully saturated rings. The largest absolute Gasteiger partial charge is 0.357 e. The first-order chi connectivity index (χ1) is 18.7. The number of rotatable bonds is 5. The molecule has 39 heavy (non-hydrogen) atoms. The maximum Gasteiger partial charge on any atom is 0.296 e. The van der Waals surface area contributed by atoms with Gasteiger partial charge in [-0.1, -0.05) is 42.2 Å². The molecular formula is C28H28N6O3S2. The molecule has 2 saturated heterocycles. The molecule has 0 spiro atoms. The summed E-state index contributed by atoms with van der Waals surface area (Å²) in [5.41, 5.74) is 2.05. The zero-order valence-electron chi connectivity index (χ0n) is 22.2. The standard InChI is InChI=1S/C28H28N6O3S2/c1-5-32-24(31-13-9-10-14-31)20(17(2)21(16-29)25(32)35)15-22-26(36)33(28(38)39-22)23-18(3)30(4)34(27(23)37)19-11-7-6-8-12-19/h6-8,11-12,15H,5,9-10,13-14H2,1-4H3/b22-15+. The molecule has 9 nitrogen and oxygen atoms in total. The van der Waals surface area contributed by atoms with Gasteiger partial charge in [0.1, 0.15) is 23.1 Å². The number of hydrogen-bond donors (Lipinski definition) is 0. The maximum absolute atomic E-state index is 13.8. The molecule has 4 heterocycles. The smallest absolute Gasteiger partial charge is 0.296 e. The highest BCUT2D eigenvalue weighted by Crippen LogP contribution is 2.39. The van der Waals surface area contributed by atoms with E-state index in [9.17, 15) is 19.6 Å². The summed E-state index contributed by atoms with van der Waals surface area (Å²) in [4.78, 5) is 44.4. The molecule has 2 aliphatic heterocycles. The number of amides is 1. The van der Waals surface area contributed by atoms with Gasteiger partial charge in [-0.15, -0.1) is 0 Å². The molecule has 0 aliphatic carbocycles. The molecule has 0 unspecified atom stereocenters. The molecule has 1 aromatic carbocycles. The van der Waals surface area contributed by atoms with Crippen molar-refractivity contribution in [1.29, 1.82) is 5.26 Å². The van der Waals surface area contributed by atoms with E-state index in [1.165, 1.54) is 9.58 Å². The molecule has 0 atom stereocenters. The Labute approximate surface area is 235 Å². The number of thioether (sulfide) groups is 1.